The minimum absolute atomic E-state index is 0.118. The van der Waals surface area contributed by atoms with Crippen molar-refractivity contribution < 1.29 is 14.3 Å². The van der Waals surface area contributed by atoms with E-state index < -0.39 is 11.7 Å². The molecule has 0 radical (unpaired) electrons. The fourth-order valence-corrected chi connectivity index (χ4v) is 3.55. The van der Waals surface area contributed by atoms with Gasteiger partial charge in [0.05, 0.1) is 12.0 Å². The number of carbonyl (C=O) groups excluding carboxylic acids is 2. The highest BCUT2D eigenvalue weighted by molar-refractivity contribution is 5.94. The van der Waals surface area contributed by atoms with Gasteiger partial charge >= 0.3 is 6.09 Å². The van der Waals surface area contributed by atoms with Gasteiger partial charge < -0.3 is 9.30 Å². The van der Waals surface area contributed by atoms with Crippen molar-refractivity contribution in [1.82, 2.24) is 14.5 Å². The third-order valence-electron chi connectivity index (χ3n) is 4.70. The molecule has 1 aromatic heterocycles. The molecule has 1 saturated heterocycles. The largest absolute Gasteiger partial charge is 0.443 e. The number of imidazole rings is 1. The van der Waals surface area contributed by atoms with Gasteiger partial charge in [0.25, 0.3) is 0 Å². The fraction of sp³-hybridized carbons (Fsp3) is 0.722. The average Bonchev–Trinajstić information content (AvgIpc) is 2.91. The van der Waals surface area contributed by atoms with E-state index in [-0.39, 0.29) is 11.8 Å². The third kappa shape index (κ3) is 3.62. The monoisotopic (exact) mass is 333 g/mol. The first kappa shape index (κ1) is 17.0. The van der Waals surface area contributed by atoms with Crippen LogP contribution in [0.2, 0.25) is 0 Å². The summed E-state index contributed by atoms with van der Waals surface area (Å²) in [6, 6.07) is 0. The molecule has 6 heteroatoms. The second kappa shape index (κ2) is 6.57. The van der Waals surface area contributed by atoms with Crippen LogP contribution in [-0.4, -0.2) is 38.6 Å². The molecule has 6 nitrogen and oxygen atoms in total. The molecule has 1 aromatic rings. The lowest BCUT2D eigenvalue weighted by Gasteiger charge is -2.32. The zero-order valence-corrected chi connectivity index (χ0v) is 14.9. The van der Waals surface area contributed by atoms with E-state index in [0.717, 1.165) is 31.5 Å². The van der Waals surface area contributed by atoms with Crippen molar-refractivity contribution in [2.75, 3.05) is 6.54 Å². The van der Waals surface area contributed by atoms with Gasteiger partial charge in [0.15, 0.2) is 0 Å². The first-order chi connectivity index (χ1) is 11.3. The molecule has 2 aliphatic rings. The van der Waals surface area contributed by atoms with Crippen LogP contribution in [-0.2, 0) is 28.9 Å². The number of piperidine rings is 1. The second-order valence-electron chi connectivity index (χ2n) is 7.80. The maximum Gasteiger partial charge on any atom is 0.417 e. The standard InChI is InChI=1S/C18H27N3O3/c1-18(2,3)24-17(23)21-10-6-7-13(16(21)22)11-14-15-8-4-5-9-20(15)12-19-14/h12-13H,4-11H2,1-3H3. The molecule has 3 heterocycles. The molecule has 0 spiro atoms. The summed E-state index contributed by atoms with van der Waals surface area (Å²) in [6.07, 6.45) is 7.04. The molecule has 0 N–H and O–H groups in total. The Morgan fingerprint density at radius 1 is 1.29 bits per heavy atom. The molecule has 0 aliphatic carbocycles. The quantitative estimate of drug-likeness (QED) is 0.835. The number of fused-ring (bicyclic) bond motifs is 1. The van der Waals surface area contributed by atoms with Gasteiger partial charge in [-0.05, 0) is 52.9 Å². The van der Waals surface area contributed by atoms with Gasteiger partial charge in [0, 0.05) is 31.1 Å². The van der Waals surface area contributed by atoms with E-state index in [1.807, 2.05) is 27.1 Å². The molecular formula is C18H27N3O3. The lowest BCUT2D eigenvalue weighted by molar-refractivity contribution is -0.137. The molecule has 24 heavy (non-hydrogen) atoms. The van der Waals surface area contributed by atoms with Crippen LogP contribution in [0, 0.1) is 5.92 Å². The highest BCUT2D eigenvalue weighted by Gasteiger charge is 2.36. The number of amides is 2. The minimum atomic E-state index is -0.590. The maximum atomic E-state index is 12.7. The van der Waals surface area contributed by atoms with E-state index in [9.17, 15) is 9.59 Å². The van der Waals surface area contributed by atoms with Crippen molar-refractivity contribution in [3.05, 3.63) is 17.7 Å². The van der Waals surface area contributed by atoms with Crippen molar-refractivity contribution in [3.8, 4) is 0 Å². The van der Waals surface area contributed by atoms with Crippen molar-refractivity contribution >= 4 is 12.0 Å². The molecular weight excluding hydrogens is 306 g/mol. The number of likely N-dealkylation sites (tertiary alicyclic amines) is 1. The zero-order valence-electron chi connectivity index (χ0n) is 14.9. The zero-order chi connectivity index (χ0) is 17.3. The van der Waals surface area contributed by atoms with Crippen molar-refractivity contribution in [2.45, 2.75) is 71.4 Å². The number of hydrogen-bond donors (Lipinski definition) is 0. The summed E-state index contributed by atoms with van der Waals surface area (Å²) in [5.41, 5.74) is 1.70. The number of aromatic nitrogens is 2. The van der Waals surface area contributed by atoms with E-state index in [2.05, 4.69) is 9.55 Å². The van der Waals surface area contributed by atoms with Gasteiger partial charge in [-0.25, -0.2) is 14.7 Å². The van der Waals surface area contributed by atoms with Gasteiger partial charge in [-0.2, -0.15) is 0 Å². The highest BCUT2D eigenvalue weighted by Crippen LogP contribution is 2.26. The molecule has 132 valence electrons. The van der Waals surface area contributed by atoms with Crippen molar-refractivity contribution in [2.24, 2.45) is 5.92 Å². The van der Waals surface area contributed by atoms with Crippen LogP contribution < -0.4 is 0 Å². The first-order valence-electron chi connectivity index (χ1n) is 8.92. The number of imide groups is 1. The Kier molecular flexibility index (Phi) is 4.65. The lowest BCUT2D eigenvalue weighted by atomic mass is 9.91. The van der Waals surface area contributed by atoms with Gasteiger partial charge in [0.2, 0.25) is 5.91 Å². The van der Waals surface area contributed by atoms with Crippen LogP contribution in [0.4, 0.5) is 4.79 Å². The Hall–Kier alpha value is -1.85. The van der Waals surface area contributed by atoms with Gasteiger partial charge in [-0.3, -0.25) is 4.79 Å². The number of carbonyl (C=O) groups is 2. The molecule has 2 aliphatic heterocycles. The number of nitrogens with zero attached hydrogens (tertiary/aromatic N) is 3. The summed E-state index contributed by atoms with van der Waals surface area (Å²) in [5, 5.41) is 0. The van der Waals surface area contributed by atoms with E-state index >= 15 is 0 Å². The highest BCUT2D eigenvalue weighted by atomic mass is 16.6. The van der Waals surface area contributed by atoms with Crippen molar-refractivity contribution in [3.63, 3.8) is 0 Å². The molecule has 1 unspecified atom stereocenters. The summed E-state index contributed by atoms with van der Waals surface area (Å²) in [5.74, 6) is -0.291. The Morgan fingerprint density at radius 3 is 2.83 bits per heavy atom. The normalized spacial score (nSPS) is 21.5. The number of ether oxygens (including phenoxy) is 1. The summed E-state index contributed by atoms with van der Waals surface area (Å²) < 4.78 is 7.57. The summed E-state index contributed by atoms with van der Waals surface area (Å²) >= 11 is 0. The van der Waals surface area contributed by atoms with E-state index in [1.54, 1.807) is 0 Å². The second-order valence-corrected chi connectivity index (χ2v) is 7.80. The van der Waals surface area contributed by atoms with Crippen LogP contribution >= 0.6 is 0 Å². The summed E-state index contributed by atoms with van der Waals surface area (Å²) in [4.78, 5) is 30.8. The van der Waals surface area contributed by atoms with Crippen LogP contribution in [0.15, 0.2) is 6.33 Å². The Bertz CT molecular complexity index is 630. The van der Waals surface area contributed by atoms with Crippen LogP contribution in [0.25, 0.3) is 0 Å². The van der Waals surface area contributed by atoms with Gasteiger partial charge in [-0.15, -0.1) is 0 Å². The van der Waals surface area contributed by atoms with Crippen LogP contribution in [0.3, 0.4) is 0 Å². The topological polar surface area (TPSA) is 64.4 Å². The molecule has 0 bridgehead atoms. The molecule has 1 fully saturated rings. The predicted molar refractivity (Wildman–Crippen MR) is 89.5 cm³/mol. The van der Waals surface area contributed by atoms with E-state index in [1.165, 1.54) is 23.4 Å². The van der Waals surface area contributed by atoms with Gasteiger partial charge in [0.1, 0.15) is 5.60 Å². The predicted octanol–water partition coefficient (Wildman–Crippen LogP) is 2.94. The third-order valence-corrected chi connectivity index (χ3v) is 4.70. The Balaban J connectivity index is 1.69. The fourth-order valence-electron chi connectivity index (χ4n) is 3.55. The SMILES string of the molecule is CC(C)(C)OC(=O)N1CCCC(Cc2ncn3c2CCCC3)C1=O. The van der Waals surface area contributed by atoms with Crippen LogP contribution in [0.5, 0.6) is 0 Å². The number of aryl methyl sites for hydroxylation is 1. The van der Waals surface area contributed by atoms with E-state index in [0.29, 0.717) is 13.0 Å². The number of hydrogen-bond acceptors (Lipinski definition) is 4. The summed E-state index contributed by atoms with van der Waals surface area (Å²) in [7, 11) is 0. The summed E-state index contributed by atoms with van der Waals surface area (Å²) in [6.45, 7) is 6.91. The molecule has 1 atom stereocenters. The van der Waals surface area contributed by atoms with Gasteiger partial charge in [-0.1, -0.05) is 0 Å². The van der Waals surface area contributed by atoms with E-state index in [4.69, 9.17) is 4.74 Å². The Labute approximate surface area is 143 Å². The molecule has 2 amide bonds. The average molecular weight is 333 g/mol. The van der Waals surface area contributed by atoms with Crippen LogP contribution in [0.1, 0.15) is 57.8 Å². The minimum Gasteiger partial charge on any atom is -0.443 e. The maximum absolute atomic E-state index is 12.7. The molecule has 0 saturated carbocycles. The smallest absolute Gasteiger partial charge is 0.417 e. The first-order valence-corrected chi connectivity index (χ1v) is 8.92. The lowest BCUT2D eigenvalue weighted by Crippen LogP contribution is -2.47. The molecule has 0 aromatic carbocycles. The molecule has 3 rings (SSSR count). The number of rotatable bonds is 2. The van der Waals surface area contributed by atoms with Crippen molar-refractivity contribution in [1.29, 1.82) is 0 Å². The Morgan fingerprint density at radius 2 is 2.08 bits per heavy atom.